The molecule has 5 heteroatoms. The molecule has 2 aromatic rings. The highest BCUT2D eigenvalue weighted by Gasteiger charge is 2.18. The van der Waals surface area contributed by atoms with E-state index in [2.05, 4.69) is 6.58 Å². The highest BCUT2D eigenvalue weighted by molar-refractivity contribution is 6.00. The number of methoxy groups -OCH3 is 2. The molecular weight excluding hydrogens is 332 g/mol. The molecule has 0 aromatic heterocycles. The van der Waals surface area contributed by atoms with Crippen LogP contribution < -0.4 is 0 Å². The Kier molecular flexibility index (Phi) is 6.07. The third-order valence-corrected chi connectivity index (χ3v) is 4.16. The first kappa shape index (κ1) is 19.1. The van der Waals surface area contributed by atoms with Gasteiger partial charge in [-0.15, -0.1) is 0 Å². The van der Waals surface area contributed by atoms with Crippen molar-refractivity contribution < 1.29 is 23.9 Å². The fourth-order valence-corrected chi connectivity index (χ4v) is 2.55. The number of benzene rings is 2. The molecule has 2 rings (SSSR count). The van der Waals surface area contributed by atoms with E-state index in [4.69, 9.17) is 9.47 Å². The third kappa shape index (κ3) is 3.88. The minimum absolute atomic E-state index is 0.192. The summed E-state index contributed by atoms with van der Waals surface area (Å²) in [5.41, 5.74) is 3.33. The average molecular weight is 352 g/mol. The number of rotatable bonds is 6. The van der Waals surface area contributed by atoms with Crippen molar-refractivity contribution in [1.82, 2.24) is 0 Å². The predicted octanol–water partition coefficient (Wildman–Crippen LogP) is 3.62. The summed E-state index contributed by atoms with van der Waals surface area (Å²) in [6.45, 7) is 5.89. The summed E-state index contributed by atoms with van der Waals surface area (Å²) in [6.07, 6.45) is 0.880. The van der Waals surface area contributed by atoms with Crippen molar-refractivity contribution in [3.05, 3.63) is 76.9 Å². The summed E-state index contributed by atoms with van der Waals surface area (Å²) < 4.78 is 9.52. The number of hydrogen-bond donors (Lipinski definition) is 0. The number of hydrogen-bond acceptors (Lipinski definition) is 5. The summed E-state index contributed by atoms with van der Waals surface area (Å²) in [5, 5.41) is 0. The van der Waals surface area contributed by atoms with Crippen LogP contribution in [0.1, 0.15) is 50.2 Å². The average Bonchev–Trinajstić information content (AvgIpc) is 2.71. The Balaban J connectivity index is 2.45. The van der Waals surface area contributed by atoms with Crippen LogP contribution in [0.15, 0.2) is 49.0 Å². The van der Waals surface area contributed by atoms with Crippen LogP contribution in [0.5, 0.6) is 0 Å². The summed E-state index contributed by atoms with van der Waals surface area (Å²) in [5.74, 6) is -1.31. The first-order chi connectivity index (χ1) is 12.4. The van der Waals surface area contributed by atoms with Crippen LogP contribution in [-0.2, 0) is 14.3 Å². The topological polar surface area (TPSA) is 69.7 Å². The van der Waals surface area contributed by atoms with E-state index in [1.807, 2.05) is 31.2 Å². The van der Waals surface area contributed by atoms with Crippen LogP contribution in [0.3, 0.4) is 0 Å². The number of carbonyl (C=O) groups excluding carboxylic acids is 3. The molecule has 0 spiro atoms. The standard InChI is InChI=1S/C21H20O5/c1-13(12-22)15-5-7-16(8-6-15)14(2)18-10-9-17(20(23)25-3)11-19(18)21(24)26-4/h5-13H,2H2,1,3-4H3. The normalized spacial score (nSPS) is 11.3. The van der Waals surface area contributed by atoms with Crippen molar-refractivity contribution in [2.24, 2.45) is 0 Å². The van der Waals surface area contributed by atoms with Crippen molar-refractivity contribution in [2.75, 3.05) is 14.2 Å². The Hall–Kier alpha value is -3.21. The molecule has 0 saturated heterocycles. The van der Waals surface area contributed by atoms with E-state index < -0.39 is 11.9 Å². The summed E-state index contributed by atoms with van der Waals surface area (Å²) in [7, 11) is 2.55. The van der Waals surface area contributed by atoms with Crippen LogP contribution in [0.2, 0.25) is 0 Å². The molecular formula is C21H20O5. The zero-order chi connectivity index (χ0) is 19.3. The van der Waals surface area contributed by atoms with Gasteiger partial charge >= 0.3 is 11.9 Å². The van der Waals surface area contributed by atoms with E-state index in [9.17, 15) is 14.4 Å². The minimum Gasteiger partial charge on any atom is -0.465 e. The van der Waals surface area contributed by atoms with Gasteiger partial charge in [-0.3, -0.25) is 0 Å². The summed E-state index contributed by atoms with van der Waals surface area (Å²) in [6, 6.07) is 12.0. The van der Waals surface area contributed by atoms with Crippen molar-refractivity contribution in [2.45, 2.75) is 12.8 Å². The first-order valence-electron chi connectivity index (χ1n) is 7.98. The molecule has 0 radical (unpaired) electrons. The Bertz CT molecular complexity index is 849. The van der Waals surface area contributed by atoms with Gasteiger partial charge in [-0.2, -0.15) is 0 Å². The van der Waals surface area contributed by atoms with Gasteiger partial charge in [0.15, 0.2) is 0 Å². The number of ether oxygens (including phenoxy) is 2. The van der Waals surface area contributed by atoms with Crippen LogP contribution in [-0.4, -0.2) is 32.4 Å². The lowest BCUT2D eigenvalue weighted by molar-refractivity contribution is -0.108. The second kappa shape index (κ2) is 8.25. The van der Waals surface area contributed by atoms with E-state index in [1.165, 1.54) is 20.3 Å². The number of carbonyl (C=O) groups is 3. The van der Waals surface area contributed by atoms with Gasteiger partial charge < -0.3 is 14.3 Å². The molecule has 0 heterocycles. The molecule has 0 N–H and O–H groups in total. The van der Waals surface area contributed by atoms with Gasteiger partial charge in [0.2, 0.25) is 0 Å². The van der Waals surface area contributed by atoms with Crippen LogP contribution in [0.4, 0.5) is 0 Å². The molecule has 1 unspecified atom stereocenters. The number of aldehydes is 1. The van der Waals surface area contributed by atoms with Gasteiger partial charge in [-0.05, 0) is 34.4 Å². The molecule has 2 aromatic carbocycles. The molecule has 134 valence electrons. The Morgan fingerprint density at radius 2 is 1.50 bits per heavy atom. The molecule has 0 amide bonds. The van der Waals surface area contributed by atoms with E-state index in [0.29, 0.717) is 11.1 Å². The number of esters is 2. The van der Waals surface area contributed by atoms with Gasteiger partial charge in [0, 0.05) is 5.92 Å². The molecule has 0 aliphatic heterocycles. The lowest BCUT2D eigenvalue weighted by Gasteiger charge is -2.13. The van der Waals surface area contributed by atoms with Crippen molar-refractivity contribution in [1.29, 1.82) is 0 Å². The largest absolute Gasteiger partial charge is 0.465 e. The van der Waals surface area contributed by atoms with E-state index in [0.717, 1.165) is 17.4 Å². The van der Waals surface area contributed by atoms with Crippen molar-refractivity contribution in [3.8, 4) is 0 Å². The third-order valence-electron chi connectivity index (χ3n) is 4.16. The first-order valence-corrected chi connectivity index (χ1v) is 7.98. The zero-order valence-corrected chi connectivity index (χ0v) is 14.9. The Morgan fingerprint density at radius 1 is 0.923 bits per heavy atom. The van der Waals surface area contributed by atoms with Gasteiger partial charge in [0.25, 0.3) is 0 Å². The highest BCUT2D eigenvalue weighted by Crippen LogP contribution is 2.27. The zero-order valence-electron chi connectivity index (χ0n) is 14.9. The fraction of sp³-hybridized carbons (Fsp3) is 0.190. The van der Waals surface area contributed by atoms with Gasteiger partial charge in [-0.25, -0.2) is 9.59 Å². The molecule has 0 saturated carbocycles. The smallest absolute Gasteiger partial charge is 0.338 e. The van der Waals surface area contributed by atoms with E-state index in [1.54, 1.807) is 12.1 Å². The van der Waals surface area contributed by atoms with Crippen molar-refractivity contribution in [3.63, 3.8) is 0 Å². The minimum atomic E-state index is -0.571. The van der Waals surface area contributed by atoms with E-state index in [-0.39, 0.29) is 17.0 Å². The summed E-state index contributed by atoms with van der Waals surface area (Å²) >= 11 is 0. The Morgan fingerprint density at radius 3 is 2.04 bits per heavy atom. The molecule has 26 heavy (non-hydrogen) atoms. The van der Waals surface area contributed by atoms with E-state index >= 15 is 0 Å². The molecule has 0 bridgehead atoms. The second-order valence-electron chi connectivity index (χ2n) is 5.77. The van der Waals surface area contributed by atoms with Crippen LogP contribution >= 0.6 is 0 Å². The van der Waals surface area contributed by atoms with Gasteiger partial charge in [-0.1, -0.05) is 43.8 Å². The second-order valence-corrected chi connectivity index (χ2v) is 5.77. The van der Waals surface area contributed by atoms with Gasteiger partial charge in [0.1, 0.15) is 6.29 Å². The van der Waals surface area contributed by atoms with Crippen LogP contribution in [0, 0.1) is 0 Å². The summed E-state index contributed by atoms with van der Waals surface area (Å²) in [4.78, 5) is 34.8. The fourth-order valence-electron chi connectivity index (χ4n) is 2.55. The predicted molar refractivity (Wildman–Crippen MR) is 98.2 cm³/mol. The lowest BCUT2D eigenvalue weighted by atomic mass is 9.92. The quantitative estimate of drug-likeness (QED) is 0.586. The van der Waals surface area contributed by atoms with Gasteiger partial charge in [0.05, 0.1) is 25.3 Å². The maximum absolute atomic E-state index is 12.2. The maximum atomic E-state index is 12.2. The SMILES string of the molecule is C=C(c1ccc(C(C)C=O)cc1)c1ccc(C(=O)OC)cc1C(=O)OC. The molecule has 0 aliphatic carbocycles. The van der Waals surface area contributed by atoms with Crippen LogP contribution in [0.25, 0.3) is 5.57 Å². The van der Waals surface area contributed by atoms with Crippen molar-refractivity contribution >= 4 is 23.8 Å². The molecule has 0 fully saturated rings. The highest BCUT2D eigenvalue weighted by atomic mass is 16.5. The molecule has 0 aliphatic rings. The molecule has 5 nitrogen and oxygen atoms in total. The monoisotopic (exact) mass is 352 g/mol. The maximum Gasteiger partial charge on any atom is 0.338 e. The lowest BCUT2D eigenvalue weighted by Crippen LogP contribution is -2.09. The molecule has 1 atom stereocenters. The Labute approximate surface area is 152 Å².